The molecule has 0 saturated heterocycles. The van der Waals surface area contributed by atoms with Gasteiger partial charge in [0.2, 0.25) is 0 Å². The van der Waals surface area contributed by atoms with Crippen molar-refractivity contribution in [1.29, 1.82) is 0 Å². The third-order valence-electron chi connectivity index (χ3n) is 2.64. The van der Waals surface area contributed by atoms with Crippen LogP contribution in [-0.4, -0.2) is 32.8 Å². The fourth-order valence-electron chi connectivity index (χ4n) is 1.75. The maximum absolute atomic E-state index is 5.57. The molecule has 5 nitrogen and oxygen atoms in total. The lowest BCUT2D eigenvalue weighted by Crippen LogP contribution is -2.40. The molecule has 2 N–H and O–H groups in total. The number of aliphatic imine (C=N–C) groups is 1. The van der Waals surface area contributed by atoms with Crippen LogP contribution in [-0.2, 0) is 6.54 Å². The number of rotatable bonds is 6. The predicted octanol–water partition coefficient (Wildman–Crippen LogP) is 2.17. The van der Waals surface area contributed by atoms with Crippen molar-refractivity contribution in [3.63, 3.8) is 0 Å². The Morgan fingerprint density at radius 1 is 1.30 bits per heavy atom. The Labute approximate surface area is 121 Å². The molecule has 0 spiro atoms. The summed E-state index contributed by atoms with van der Waals surface area (Å²) in [6, 6.07) is 6.26. The number of nitrogens with zero attached hydrogens (tertiary/aromatic N) is 1. The van der Waals surface area contributed by atoms with E-state index in [4.69, 9.17) is 9.47 Å². The summed E-state index contributed by atoms with van der Waals surface area (Å²) in [7, 11) is 3.40. The molecule has 1 aromatic rings. The van der Waals surface area contributed by atoms with Crippen LogP contribution in [0.1, 0.15) is 26.3 Å². The summed E-state index contributed by atoms with van der Waals surface area (Å²) >= 11 is 0. The predicted molar refractivity (Wildman–Crippen MR) is 82.6 cm³/mol. The smallest absolute Gasteiger partial charge is 0.191 e. The van der Waals surface area contributed by atoms with Crippen molar-refractivity contribution in [2.75, 3.05) is 20.8 Å². The summed E-state index contributed by atoms with van der Waals surface area (Å²) in [5.41, 5.74) is 1.11. The third-order valence-corrected chi connectivity index (χ3v) is 2.64. The molecule has 0 aromatic heterocycles. The van der Waals surface area contributed by atoms with Gasteiger partial charge in [0.1, 0.15) is 0 Å². The third kappa shape index (κ3) is 4.99. The highest BCUT2D eigenvalue weighted by molar-refractivity contribution is 5.79. The topological polar surface area (TPSA) is 54.9 Å². The van der Waals surface area contributed by atoms with Crippen LogP contribution in [0.2, 0.25) is 0 Å². The van der Waals surface area contributed by atoms with Gasteiger partial charge >= 0.3 is 0 Å². The molecule has 0 heterocycles. The van der Waals surface area contributed by atoms with Crippen molar-refractivity contribution in [3.05, 3.63) is 23.8 Å². The molecule has 1 aromatic carbocycles. The maximum Gasteiger partial charge on any atom is 0.191 e. The Balaban J connectivity index is 2.70. The Bertz CT molecular complexity index is 445. The van der Waals surface area contributed by atoms with Crippen LogP contribution in [0.15, 0.2) is 23.2 Å². The van der Waals surface area contributed by atoms with Crippen LogP contribution in [0.25, 0.3) is 0 Å². The second-order valence-corrected chi connectivity index (χ2v) is 4.64. The summed E-state index contributed by atoms with van der Waals surface area (Å²) in [4.78, 5) is 4.17. The summed E-state index contributed by atoms with van der Waals surface area (Å²) in [6.07, 6.45) is 0. The molecule has 1 rings (SSSR count). The number of guanidine groups is 1. The Hall–Kier alpha value is -1.91. The van der Waals surface area contributed by atoms with Gasteiger partial charge in [-0.25, -0.2) is 0 Å². The fraction of sp³-hybridized carbons (Fsp3) is 0.533. The van der Waals surface area contributed by atoms with E-state index in [2.05, 4.69) is 29.5 Å². The van der Waals surface area contributed by atoms with E-state index in [1.165, 1.54) is 0 Å². The molecule has 0 atom stereocenters. The van der Waals surface area contributed by atoms with E-state index in [0.29, 0.717) is 19.2 Å². The van der Waals surface area contributed by atoms with Crippen LogP contribution in [0, 0.1) is 0 Å². The van der Waals surface area contributed by atoms with Crippen LogP contribution in [0.4, 0.5) is 0 Å². The standard InChI is InChI=1S/C15H25N3O2/c1-6-20-14-9-12(7-8-13(14)19-5)10-17-15(16-4)18-11(2)3/h7-9,11H,6,10H2,1-5H3,(H2,16,17,18). The van der Waals surface area contributed by atoms with E-state index >= 15 is 0 Å². The number of ether oxygens (including phenoxy) is 2. The largest absolute Gasteiger partial charge is 0.493 e. The highest BCUT2D eigenvalue weighted by Crippen LogP contribution is 2.27. The van der Waals surface area contributed by atoms with Crippen LogP contribution in [0.5, 0.6) is 11.5 Å². The first-order chi connectivity index (χ1) is 9.60. The van der Waals surface area contributed by atoms with Crippen LogP contribution >= 0.6 is 0 Å². The van der Waals surface area contributed by atoms with Crippen molar-refractivity contribution in [2.45, 2.75) is 33.4 Å². The van der Waals surface area contributed by atoms with Crippen molar-refractivity contribution >= 4 is 5.96 Å². The van der Waals surface area contributed by atoms with Gasteiger partial charge in [0.15, 0.2) is 17.5 Å². The average Bonchev–Trinajstić information content (AvgIpc) is 2.43. The molecule has 20 heavy (non-hydrogen) atoms. The van der Waals surface area contributed by atoms with Gasteiger partial charge < -0.3 is 20.1 Å². The molecule has 0 radical (unpaired) electrons. The van der Waals surface area contributed by atoms with Gasteiger partial charge in [-0.2, -0.15) is 0 Å². The minimum absolute atomic E-state index is 0.344. The van der Waals surface area contributed by atoms with E-state index in [1.54, 1.807) is 14.2 Å². The summed E-state index contributed by atoms with van der Waals surface area (Å²) in [5, 5.41) is 6.51. The molecular weight excluding hydrogens is 254 g/mol. The summed E-state index contributed by atoms with van der Waals surface area (Å²) in [5.74, 6) is 2.30. The van der Waals surface area contributed by atoms with E-state index in [-0.39, 0.29) is 0 Å². The number of methoxy groups -OCH3 is 1. The normalized spacial score (nSPS) is 11.4. The van der Waals surface area contributed by atoms with Crippen LogP contribution in [0.3, 0.4) is 0 Å². The van der Waals surface area contributed by atoms with Gasteiger partial charge in [0.25, 0.3) is 0 Å². The Morgan fingerprint density at radius 3 is 2.60 bits per heavy atom. The molecule has 0 saturated carbocycles. The summed E-state index contributed by atoms with van der Waals surface area (Å²) in [6.45, 7) is 7.40. The Kier molecular flexibility index (Phi) is 6.70. The molecule has 0 fully saturated rings. The molecule has 5 heteroatoms. The SMILES string of the molecule is CCOc1cc(CNC(=NC)NC(C)C)ccc1OC. The average molecular weight is 279 g/mol. The number of nitrogens with one attached hydrogen (secondary N) is 2. The maximum atomic E-state index is 5.57. The second-order valence-electron chi connectivity index (χ2n) is 4.64. The zero-order chi connectivity index (χ0) is 15.0. The minimum atomic E-state index is 0.344. The molecule has 112 valence electrons. The molecule has 0 amide bonds. The molecule has 0 aliphatic carbocycles. The summed E-state index contributed by atoms with van der Waals surface area (Å²) < 4.78 is 10.8. The Morgan fingerprint density at radius 2 is 2.05 bits per heavy atom. The highest BCUT2D eigenvalue weighted by Gasteiger charge is 2.06. The fourth-order valence-corrected chi connectivity index (χ4v) is 1.75. The first-order valence-electron chi connectivity index (χ1n) is 6.87. The van der Waals surface area contributed by atoms with E-state index < -0.39 is 0 Å². The minimum Gasteiger partial charge on any atom is -0.493 e. The highest BCUT2D eigenvalue weighted by atomic mass is 16.5. The monoisotopic (exact) mass is 279 g/mol. The van der Waals surface area contributed by atoms with Gasteiger partial charge in [0.05, 0.1) is 13.7 Å². The quantitative estimate of drug-likeness (QED) is 0.619. The lowest BCUT2D eigenvalue weighted by Gasteiger charge is -2.15. The van der Waals surface area contributed by atoms with Gasteiger partial charge in [-0.15, -0.1) is 0 Å². The lowest BCUT2D eigenvalue weighted by molar-refractivity contribution is 0.310. The first kappa shape index (κ1) is 16.1. The van der Waals surface area contributed by atoms with Gasteiger partial charge in [0, 0.05) is 19.6 Å². The lowest BCUT2D eigenvalue weighted by atomic mass is 10.2. The zero-order valence-electron chi connectivity index (χ0n) is 13.0. The number of benzene rings is 1. The first-order valence-corrected chi connectivity index (χ1v) is 6.87. The molecule has 0 aliphatic heterocycles. The molecular formula is C15H25N3O2. The van der Waals surface area contributed by atoms with Gasteiger partial charge in [-0.1, -0.05) is 6.07 Å². The van der Waals surface area contributed by atoms with Crippen molar-refractivity contribution < 1.29 is 9.47 Å². The molecule has 0 aliphatic rings. The number of hydrogen-bond donors (Lipinski definition) is 2. The van der Waals surface area contributed by atoms with Crippen LogP contribution < -0.4 is 20.1 Å². The molecule has 0 bridgehead atoms. The van der Waals surface area contributed by atoms with E-state index in [0.717, 1.165) is 23.0 Å². The van der Waals surface area contributed by atoms with Gasteiger partial charge in [-0.3, -0.25) is 4.99 Å². The van der Waals surface area contributed by atoms with Crippen molar-refractivity contribution in [3.8, 4) is 11.5 Å². The zero-order valence-corrected chi connectivity index (χ0v) is 13.0. The van der Waals surface area contributed by atoms with Crippen molar-refractivity contribution in [1.82, 2.24) is 10.6 Å². The second kappa shape index (κ2) is 8.30. The number of hydrogen-bond acceptors (Lipinski definition) is 3. The van der Waals surface area contributed by atoms with Crippen molar-refractivity contribution in [2.24, 2.45) is 4.99 Å². The van der Waals surface area contributed by atoms with E-state index in [1.807, 2.05) is 25.1 Å². The van der Waals surface area contributed by atoms with E-state index in [9.17, 15) is 0 Å². The van der Waals surface area contributed by atoms with Gasteiger partial charge in [-0.05, 0) is 38.5 Å². The molecule has 0 unspecified atom stereocenters.